The van der Waals surface area contributed by atoms with Gasteiger partial charge in [-0.05, 0) is 0 Å². The molecular formula is C4H4KNO2. The second kappa shape index (κ2) is 7.34. The molecule has 0 saturated heterocycles. The van der Waals surface area contributed by atoms with Crippen LogP contribution in [0, 0.1) is 11.5 Å². The molecule has 38 valence electrons. The summed E-state index contributed by atoms with van der Waals surface area (Å²) >= 11 is 0. The fourth-order valence-corrected chi connectivity index (χ4v) is 0.0867. The van der Waals surface area contributed by atoms with Crippen LogP contribution in [0.5, 0.6) is 0 Å². The van der Waals surface area contributed by atoms with E-state index < -0.39 is 5.97 Å². The number of hydrogen-bond acceptors (Lipinski definition) is 3. The minimum absolute atomic E-state index is 0. The van der Waals surface area contributed by atoms with Crippen molar-refractivity contribution in [2.45, 2.75) is 0 Å². The Hall–Kier alpha value is 0.336. The quantitative estimate of drug-likeness (QED) is 0.213. The van der Waals surface area contributed by atoms with Crippen molar-refractivity contribution in [3.63, 3.8) is 0 Å². The van der Waals surface area contributed by atoms with E-state index in [1.54, 1.807) is 0 Å². The Balaban J connectivity index is 0. The number of nitriles is 1. The Morgan fingerprint density at radius 3 is 2.50 bits per heavy atom. The first kappa shape index (κ1) is 11.2. The van der Waals surface area contributed by atoms with E-state index in [2.05, 4.69) is 11.3 Å². The van der Waals surface area contributed by atoms with Crippen molar-refractivity contribution < 1.29 is 9.53 Å². The summed E-state index contributed by atoms with van der Waals surface area (Å²) in [7, 11) is 0. The minimum atomic E-state index is -0.720. The van der Waals surface area contributed by atoms with Gasteiger partial charge >= 0.3 is 57.4 Å². The molecule has 0 N–H and O–H groups in total. The van der Waals surface area contributed by atoms with Crippen LogP contribution in [0.4, 0.5) is 0 Å². The van der Waals surface area contributed by atoms with E-state index in [0.717, 1.165) is 6.08 Å². The van der Waals surface area contributed by atoms with Crippen molar-refractivity contribution >= 4 is 57.4 Å². The van der Waals surface area contributed by atoms with Gasteiger partial charge in [0.1, 0.15) is 0 Å². The molecule has 4 heteroatoms. The predicted molar refractivity (Wildman–Crippen MR) is 29.1 cm³/mol. The molecule has 3 nitrogen and oxygen atoms in total. The van der Waals surface area contributed by atoms with E-state index in [4.69, 9.17) is 5.26 Å². The van der Waals surface area contributed by atoms with Gasteiger partial charge in [-0.2, -0.15) is 0 Å². The summed E-state index contributed by atoms with van der Waals surface area (Å²) in [5.74, 6) is -0.720. The Labute approximate surface area is 89.7 Å². The molecule has 0 rings (SSSR count). The molecular weight excluding hydrogens is 133 g/mol. The predicted octanol–water partition coefficient (Wildman–Crippen LogP) is -0.452. The van der Waals surface area contributed by atoms with Gasteiger partial charge in [-0.1, -0.05) is 6.58 Å². The third-order valence-electron chi connectivity index (χ3n) is 0.313. The van der Waals surface area contributed by atoms with E-state index in [1.165, 1.54) is 6.26 Å². The van der Waals surface area contributed by atoms with Crippen molar-refractivity contribution in [1.29, 1.82) is 5.26 Å². The Morgan fingerprint density at radius 2 is 2.38 bits per heavy atom. The molecule has 0 amide bonds. The number of nitrogens with zero attached hydrogens (tertiary/aromatic N) is 1. The van der Waals surface area contributed by atoms with Crippen LogP contribution >= 0.6 is 0 Å². The van der Waals surface area contributed by atoms with Gasteiger partial charge < -0.3 is 4.74 Å². The topological polar surface area (TPSA) is 50.1 Å². The van der Waals surface area contributed by atoms with Crippen molar-refractivity contribution in [2.24, 2.45) is 0 Å². The fourth-order valence-electron chi connectivity index (χ4n) is 0.0867. The van der Waals surface area contributed by atoms with Crippen LogP contribution in [0.3, 0.4) is 0 Å². The van der Waals surface area contributed by atoms with E-state index in [1.807, 2.05) is 0 Å². The summed E-state index contributed by atoms with van der Waals surface area (Å²) in [6.07, 6.45) is 2.12. The number of rotatable bonds is 1. The average molecular weight is 137 g/mol. The second-order valence-electron chi connectivity index (χ2n) is 0.717. The number of hydrogen-bond donors (Lipinski definition) is 0. The maximum absolute atomic E-state index is 9.85. The van der Waals surface area contributed by atoms with E-state index >= 15 is 0 Å². The molecule has 0 aliphatic carbocycles. The molecule has 0 aliphatic heterocycles. The van der Waals surface area contributed by atoms with Crippen molar-refractivity contribution in [1.82, 2.24) is 0 Å². The number of carbonyl (C=O) groups is 1. The van der Waals surface area contributed by atoms with E-state index in [9.17, 15) is 4.79 Å². The van der Waals surface area contributed by atoms with Gasteiger partial charge in [0.25, 0.3) is 6.26 Å². The molecule has 0 unspecified atom stereocenters. The summed E-state index contributed by atoms with van der Waals surface area (Å²) in [4.78, 5) is 9.85. The van der Waals surface area contributed by atoms with Gasteiger partial charge in [0.05, 0.1) is 0 Å². The molecule has 0 aromatic rings. The van der Waals surface area contributed by atoms with Gasteiger partial charge in [0, 0.05) is 6.08 Å². The summed E-state index contributed by atoms with van der Waals surface area (Å²) in [5.41, 5.74) is 0. The zero-order chi connectivity index (χ0) is 5.70. The first-order valence-corrected chi connectivity index (χ1v) is 1.53. The van der Waals surface area contributed by atoms with Gasteiger partial charge in [-0.15, -0.1) is 5.26 Å². The standard InChI is InChI=1S/C4H3NO2.K.H/c1-2-4(6)7-3-5;;/h2H,1H2;;. The maximum atomic E-state index is 9.85. The molecule has 0 atom stereocenters. The summed E-state index contributed by atoms with van der Waals surface area (Å²) < 4.78 is 3.74. The third-order valence-corrected chi connectivity index (χ3v) is 0.313. The van der Waals surface area contributed by atoms with Gasteiger partial charge in [-0.25, -0.2) is 4.79 Å². The molecule has 0 radical (unpaired) electrons. The number of ether oxygens (including phenoxy) is 1. The van der Waals surface area contributed by atoms with Crippen molar-refractivity contribution in [3.8, 4) is 6.26 Å². The first-order valence-electron chi connectivity index (χ1n) is 1.53. The molecule has 0 spiro atoms. The van der Waals surface area contributed by atoms with Crippen LogP contribution in [-0.2, 0) is 9.53 Å². The first-order chi connectivity index (χ1) is 3.31. The SMILES string of the molecule is C=CC(=O)OC#N.[KH]. The van der Waals surface area contributed by atoms with E-state index in [0.29, 0.717) is 0 Å². The van der Waals surface area contributed by atoms with Crippen molar-refractivity contribution in [2.75, 3.05) is 0 Å². The molecule has 0 aromatic heterocycles. The average Bonchev–Trinajstić information content (AvgIpc) is 1.68. The Kier molecular flexibility index (Phi) is 10.2. The molecule has 0 aliphatic rings. The second-order valence-corrected chi connectivity index (χ2v) is 0.717. The molecule has 0 aromatic carbocycles. The summed E-state index contributed by atoms with van der Waals surface area (Å²) in [6.45, 7) is 3.05. The molecule has 0 bridgehead atoms. The Morgan fingerprint density at radius 1 is 1.88 bits per heavy atom. The third kappa shape index (κ3) is 6.34. The Bertz CT molecular complexity index is 126. The van der Waals surface area contributed by atoms with Gasteiger partial charge in [0.2, 0.25) is 0 Å². The zero-order valence-corrected chi connectivity index (χ0v) is 3.55. The normalized spacial score (nSPS) is 5.38. The summed E-state index contributed by atoms with van der Waals surface area (Å²) in [6, 6.07) is 0. The van der Waals surface area contributed by atoms with Gasteiger partial charge in [0.15, 0.2) is 0 Å². The monoisotopic (exact) mass is 137 g/mol. The molecule has 8 heavy (non-hydrogen) atoms. The van der Waals surface area contributed by atoms with Gasteiger partial charge in [-0.3, -0.25) is 0 Å². The van der Waals surface area contributed by atoms with Crippen LogP contribution in [-0.4, -0.2) is 57.4 Å². The molecule has 0 fully saturated rings. The van der Waals surface area contributed by atoms with Crippen LogP contribution in [0.1, 0.15) is 0 Å². The zero-order valence-electron chi connectivity index (χ0n) is 3.55. The van der Waals surface area contributed by atoms with Crippen LogP contribution in [0.2, 0.25) is 0 Å². The molecule has 0 heterocycles. The summed E-state index contributed by atoms with van der Waals surface area (Å²) in [5, 5.41) is 7.63. The number of carbonyl (C=O) groups excluding carboxylic acids is 1. The number of esters is 1. The van der Waals surface area contributed by atoms with Crippen LogP contribution in [0.15, 0.2) is 12.7 Å². The van der Waals surface area contributed by atoms with Crippen LogP contribution < -0.4 is 0 Å². The fraction of sp³-hybridized carbons (Fsp3) is 0. The van der Waals surface area contributed by atoms with Crippen molar-refractivity contribution in [3.05, 3.63) is 12.7 Å². The van der Waals surface area contributed by atoms with Crippen LogP contribution in [0.25, 0.3) is 0 Å². The molecule has 0 saturated carbocycles. The van der Waals surface area contributed by atoms with E-state index in [-0.39, 0.29) is 51.4 Å².